The van der Waals surface area contributed by atoms with Crippen molar-refractivity contribution in [2.24, 2.45) is 0 Å². The normalized spacial score (nSPS) is 11.9. The van der Waals surface area contributed by atoms with Crippen molar-refractivity contribution in [1.82, 2.24) is 0 Å². The summed E-state index contributed by atoms with van der Waals surface area (Å²) in [6.07, 6.45) is 3.36. The lowest BCUT2D eigenvalue weighted by atomic mass is 10.1. The molecule has 0 aromatic heterocycles. The Balaban J connectivity index is 4.32. The van der Waals surface area contributed by atoms with E-state index in [0.717, 1.165) is 0 Å². The standard InChI is InChI=1S/C12H20O4/c1-6-7-8-10(13)16-12(4,5)11(14)15-9(2)3/h6-7,9H,8H2,1-5H3. The van der Waals surface area contributed by atoms with Gasteiger partial charge >= 0.3 is 11.9 Å². The summed E-state index contributed by atoms with van der Waals surface area (Å²) in [5, 5.41) is 0. The maximum Gasteiger partial charge on any atom is 0.350 e. The van der Waals surface area contributed by atoms with Crippen LogP contribution in [0.5, 0.6) is 0 Å². The Morgan fingerprint density at radius 3 is 2.31 bits per heavy atom. The van der Waals surface area contributed by atoms with Crippen LogP contribution in [0.1, 0.15) is 41.0 Å². The van der Waals surface area contributed by atoms with Crippen LogP contribution in [-0.2, 0) is 19.1 Å². The van der Waals surface area contributed by atoms with E-state index in [2.05, 4.69) is 0 Å². The molecule has 0 bridgehead atoms. The van der Waals surface area contributed by atoms with E-state index in [1.54, 1.807) is 26.0 Å². The van der Waals surface area contributed by atoms with Gasteiger partial charge in [0.25, 0.3) is 0 Å². The van der Waals surface area contributed by atoms with E-state index < -0.39 is 17.5 Å². The molecule has 0 rings (SSSR count). The second-order valence-corrected chi connectivity index (χ2v) is 4.21. The number of esters is 2. The van der Waals surface area contributed by atoms with Gasteiger partial charge in [0.05, 0.1) is 12.5 Å². The van der Waals surface area contributed by atoms with Crippen molar-refractivity contribution in [3.05, 3.63) is 12.2 Å². The quantitative estimate of drug-likeness (QED) is 0.535. The van der Waals surface area contributed by atoms with Crippen LogP contribution < -0.4 is 0 Å². The van der Waals surface area contributed by atoms with Crippen LogP contribution in [-0.4, -0.2) is 23.6 Å². The average Bonchev–Trinajstić information content (AvgIpc) is 2.12. The van der Waals surface area contributed by atoms with Gasteiger partial charge in [0, 0.05) is 0 Å². The molecule has 0 aliphatic rings. The molecule has 16 heavy (non-hydrogen) atoms. The molecule has 0 aliphatic carbocycles. The lowest BCUT2D eigenvalue weighted by Crippen LogP contribution is -2.39. The van der Waals surface area contributed by atoms with E-state index in [9.17, 15) is 9.59 Å². The summed E-state index contributed by atoms with van der Waals surface area (Å²) in [5.74, 6) is -0.972. The zero-order valence-electron chi connectivity index (χ0n) is 10.6. The predicted octanol–water partition coefficient (Wildman–Crippen LogP) is 2.23. The molecular weight excluding hydrogens is 208 g/mol. The molecule has 0 unspecified atom stereocenters. The summed E-state index contributed by atoms with van der Waals surface area (Å²) < 4.78 is 10.0. The largest absolute Gasteiger partial charge is 0.460 e. The Morgan fingerprint density at radius 2 is 1.88 bits per heavy atom. The maximum atomic E-state index is 11.6. The second-order valence-electron chi connectivity index (χ2n) is 4.21. The molecule has 0 aromatic carbocycles. The van der Waals surface area contributed by atoms with Crippen LogP contribution in [0.2, 0.25) is 0 Å². The third-order valence-corrected chi connectivity index (χ3v) is 1.72. The number of rotatable bonds is 5. The third kappa shape index (κ3) is 5.53. The lowest BCUT2D eigenvalue weighted by Gasteiger charge is -2.23. The Hall–Kier alpha value is -1.32. The number of hydrogen-bond donors (Lipinski definition) is 0. The van der Waals surface area contributed by atoms with E-state index in [4.69, 9.17) is 9.47 Å². The van der Waals surface area contributed by atoms with Crippen LogP contribution in [0.4, 0.5) is 0 Å². The Kier molecular flexibility index (Phi) is 5.78. The van der Waals surface area contributed by atoms with Crippen molar-refractivity contribution in [3.63, 3.8) is 0 Å². The van der Waals surface area contributed by atoms with E-state index in [1.807, 2.05) is 6.92 Å². The fourth-order valence-electron chi connectivity index (χ4n) is 0.938. The minimum Gasteiger partial charge on any atom is -0.460 e. The zero-order valence-corrected chi connectivity index (χ0v) is 10.6. The first-order chi connectivity index (χ1) is 7.29. The van der Waals surface area contributed by atoms with Gasteiger partial charge < -0.3 is 9.47 Å². The first kappa shape index (κ1) is 14.7. The van der Waals surface area contributed by atoms with Gasteiger partial charge in [-0.25, -0.2) is 4.79 Å². The smallest absolute Gasteiger partial charge is 0.350 e. The monoisotopic (exact) mass is 228 g/mol. The molecule has 0 N–H and O–H groups in total. The SMILES string of the molecule is CC=CCC(=O)OC(C)(C)C(=O)OC(C)C. The maximum absolute atomic E-state index is 11.6. The van der Waals surface area contributed by atoms with Crippen LogP contribution in [0.15, 0.2) is 12.2 Å². The van der Waals surface area contributed by atoms with Gasteiger partial charge in [-0.15, -0.1) is 0 Å². The fourth-order valence-corrected chi connectivity index (χ4v) is 0.938. The Labute approximate surface area is 96.6 Å². The summed E-state index contributed by atoms with van der Waals surface area (Å²) in [4.78, 5) is 22.9. The number of carbonyl (C=O) groups is 2. The van der Waals surface area contributed by atoms with E-state index in [1.165, 1.54) is 13.8 Å². The van der Waals surface area contributed by atoms with Crippen molar-refractivity contribution in [3.8, 4) is 0 Å². The van der Waals surface area contributed by atoms with Gasteiger partial charge in [-0.1, -0.05) is 12.2 Å². The summed E-state index contributed by atoms with van der Waals surface area (Å²) in [7, 11) is 0. The molecule has 0 amide bonds. The number of hydrogen-bond acceptors (Lipinski definition) is 4. The van der Waals surface area contributed by atoms with Gasteiger partial charge in [-0.2, -0.15) is 0 Å². The fraction of sp³-hybridized carbons (Fsp3) is 0.667. The first-order valence-corrected chi connectivity index (χ1v) is 5.33. The van der Waals surface area contributed by atoms with Crippen molar-refractivity contribution in [1.29, 1.82) is 0 Å². The molecule has 0 aliphatic heterocycles. The van der Waals surface area contributed by atoms with Crippen LogP contribution in [0, 0.1) is 0 Å². The highest BCUT2D eigenvalue weighted by Crippen LogP contribution is 2.14. The second kappa shape index (κ2) is 6.30. The summed E-state index contributed by atoms with van der Waals surface area (Å²) in [5.41, 5.74) is -1.23. The first-order valence-electron chi connectivity index (χ1n) is 5.33. The minimum atomic E-state index is -1.23. The van der Waals surface area contributed by atoms with Crippen LogP contribution in [0.25, 0.3) is 0 Å². The Morgan fingerprint density at radius 1 is 1.31 bits per heavy atom. The van der Waals surface area contributed by atoms with Crippen LogP contribution in [0.3, 0.4) is 0 Å². The van der Waals surface area contributed by atoms with Gasteiger partial charge in [-0.05, 0) is 34.6 Å². The van der Waals surface area contributed by atoms with Crippen molar-refractivity contribution < 1.29 is 19.1 Å². The number of allylic oxidation sites excluding steroid dienone is 1. The van der Waals surface area contributed by atoms with Gasteiger partial charge in [-0.3, -0.25) is 4.79 Å². The zero-order chi connectivity index (χ0) is 12.8. The molecule has 0 radical (unpaired) electrons. The molecule has 4 heteroatoms. The average molecular weight is 228 g/mol. The van der Waals surface area contributed by atoms with E-state index in [-0.39, 0.29) is 12.5 Å². The molecule has 0 spiro atoms. The Bertz CT molecular complexity index is 277. The number of ether oxygens (including phenoxy) is 2. The molecule has 0 heterocycles. The highest BCUT2D eigenvalue weighted by molar-refractivity contribution is 5.83. The highest BCUT2D eigenvalue weighted by atomic mass is 16.6. The van der Waals surface area contributed by atoms with Gasteiger partial charge in [0.15, 0.2) is 0 Å². The molecule has 0 saturated carbocycles. The molecule has 0 atom stereocenters. The summed E-state index contributed by atoms with van der Waals surface area (Å²) in [6, 6.07) is 0. The summed E-state index contributed by atoms with van der Waals surface area (Å²) in [6.45, 7) is 8.34. The van der Waals surface area contributed by atoms with Crippen molar-refractivity contribution in [2.45, 2.75) is 52.7 Å². The topological polar surface area (TPSA) is 52.6 Å². The van der Waals surface area contributed by atoms with Crippen molar-refractivity contribution >= 4 is 11.9 Å². The van der Waals surface area contributed by atoms with E-state index >= 15 is 0 Å². The van der Waals surface area contributed by atoms with Crippen LogP contribution >= 0.6 is 0 Å². The predicted molar refractivity (Wildman–Crippen MR) is 60.8 cm³/mol. The minimum absolute atomic E-state index is 0.162. The van der Waals surface area contributed by atoms with Crippen molar-refractivity contribution in [2.75, 3.05) is 0 Å². The van der Waals surface area contributed by atoms with Gasteiger partial charge in [0.1, 0.15) is 0 Å². The van der Waals surface area contributed by atoms with E-state index in [0.29, 0.717) is 0 Å². The molecule has 0 fully saturated rings. The van der Waals surface area contributed by atoms with Gasteiger partial charge in [0.2, 0.25) is 5.60 Å². The summed E-state index contributed by atoms with van der Waals surface area (Å²) >= 11 is 0. The molecular formula is C12H20O4. The third-order valence-electron chi connectivity index (χ3n) is 1.72. The highest BCUT2D eigenvalue weighted by Gasteiger charge is 2.33. The molecule has 4 nitrogen and oxygen atoms in total. The lowest BCUT2D eigenvalue weighted by molar-refractivity contribution is -0.180. The number of carbonyl (C=O) groups excluding carboxylic acids is 2. The molecule has 92 valence electrons. The molecule has 0 aromatic rings. The molecule has 0 saturated heterocycles.